The van der Waals surface area contributed by atoms with Crippen molar-refractivity contribution in [3.8, 4) is 0 Å². The van der Waals surface area contributed by atoms with Gasteiger partial charge in [0.1, 0.15) is 0 Å². The average Bonchev–Trinajstić information content (AvgIpc) is 2.43. The molecule has 0 saturated heterocycles. The van der Waals surface area contributed by atoms with Crippen LogP contribution in [0.1, 0.15) is 6.42 Å². The van der Waals surface area contributed by atoms with Crippen molar-refractivity contribution in [1.82, 2.24) is 0 Å². The summed E-state index contributed by atoms with van der Waals surface area (Å²) in [6.45, 7) is 0. The molecule has 2 aromatic carbocycles. The van der Waals surface area contributed by atoms with Gasteiger partial charge in [0.2, 0.25) is 0 Å². The van der Waals surface area contributed by atoms with Gasteiger partial charge in [-0.25, -0.2) is 4.79 Å². The minimum atomic E-state index is -0.901. The van der Waals surface area contributed by atoms with Gasteiger partial charge in [-0.15, -0.1) is 11.8 Å². The Morgan fingerprint density at radius 2 is 2.00 bits per heavy atom. The molecule has 1 N–H and O–H groups in total. The first-order chi connectivity index (χ1) is 9.20. The molecule has 4 heteroatoms. The van der Waals surface area contributed by atoms with Crippen molar-refractivity contribution < 1.29 is 14.6 Å². The fraction of sp³-hybridized carbons (Fsp3) is 0.267. The van der Waals surface area contributed by atoms with E-state index in [1.165, 1.54) is 17.9 Å². The maximum absolute atomic E-state index is 10.8. The van der Waals surface area contributed by atoms with Gasteiger partial charge in [-0.2, -0.15) is 0 Å². The normalized spacial score (nSPS) is 12.5. The van der Waals surface area contributed by atoms with E-state index in [1.807, 2.05) is 12.1 Å². The number of fused-ring (bicyclic) bond motifs is 1. The number of aliphatic carboxylic acids is 1. The first-order valence-electron chi connectivity index (χ1n) is 6.08. The minimum Gasteiger partial charge on any atom is -0.479 e. The molecule has 0 amide bonds. The van der Waals surface area contributed by atoms with Gasteiger partial charge in [0.05, 0.1) is 0 Å². The molecule has 0 fully saturated rings. The second-order valence-corrected chi connectivity index (χ2v) is 5.38. The molecule has 0 aliphatic carbocycles. The topological polar surface area (TPSA) is 46.5 Å². The zero-order chi connectivity index (χ0) is 13.7. The van der Waals surface area contributed by atoms with Gasteiger partial charge in [0, 0.05) is 17.8 Å². The van der Waals surface area contributed by atoms with Crippen molar-refractivity contribution in [3.63, 3.8) is 0 Å². The van der Waals surface area contributed by atoms with Crippen molar-refractivity contribution in [2.75, 3.05) is 12.9 Å². The third-order valence-corrected chi connectivity index (χ3v) is 3.96. The lowest BCUT2D eigenvalue weighted by Crippen LogP contribution is -2.22. The van der Waals surface area contributed by atoms with Gasteiger partial charge in [0.15, 0.2) is 6.10 Å². The van der Waals surface area contributed by atoms with Gasteiger partial charge in [-0.05, 0) is 29.3 Å². The molecule has 0 radical (unpaired) electrons. The van der Waals surface area contributed by atoms with E-state index in [0.717, 1.165) is 10.6 Å². The summed E-state index contributed by atoms with van der Waals surface area (Å²) >= 11 is 1.65. The molecule has 0 saturated carbocycles. The van der Waals surface area contributed by atoms with E-state index in [-0.39, 0.29) is 0 Å². The maximum Gasteiger partial charge on any atom is 0.332 e. The Balaban J connectivity index is 1.96. The highest BCUT2D eigenvalue weighted by Crippen LogP contribution is 2.24. The number of ether oxygens (including phenoxy) is 1. The van der Waals surface area contributed by atoms with Crippen molar-refractivity contribution in [3.05, 3.63) is 42.5 Å². The Morgan fingerprint density at radius 1 is 1.26 bits per heavy atom. The van der Waals surface area contributed by atoms with Crippen LogP contribution in [0, 0.1) is 0 Å². The number of hydrogen-bond donors (Lipinski definition) is 1. The number of carboxylic acid groups (broad SMARTS) is 1. The second-order valence-electron chi connectivity index (χ2n) is 4.21. The molecule has 0 spiro atoms. The van der Waals surface area contributed by atoms with E-state index in [9.17, 15) is 4.79 Å². The standard InChI is InChI=1S/C15H16O3S/c1-18-14(15(16)17)8-9-19-13-7-6-11-4-2-3-5-12(11)10-13/h2-7,10,14H,8-9H2,1H3,(H,16,17)/t14-/m1/s1. The number of rotatable bonds is 6. The third kappa shape index (κ3) is 3.72. The number of carboxylic acids is 1. The molecule has 0 aliphatic rings. The summed E-state index contributed by atoms with van der Waals surface area (Å²) in [4.78, 5) is 12.0. The number of methoxy groups -OCH3 is 1. The van der Waals surface area contributed by atoms with Crippen LogP contribution in [0.3, 0.4) is 0 Å². The third-order valence-electron chi connectivity index (χ3n) is 2.93. The molecule has 1 atom stereocenters. The molecule has 0 bridgehead atoms. The Hall–Kier alpha value is -1.52. The lowest BCUT2D eigenvalue weighted by molar-refractivity contribution is -0.148. The maximum atomic E-state index is 10.8. The van der Waals surface area contributed by atoms with E-state index in [1.54, 1.807) is 11.8 Å². The van der Waals surface area contributed by atoms with Crippen LogP contribution < -0.4 is 0 Å². The fourth-order valence-corrected chi connectivity index (χ4v) is 2.83. The van der Waals surface area contributed by atoms with Gasteiger partial charge < -0.3 is 9.84 Å². The zero-order valence-corrected chi connectivity index (χ0v) is 11.5. The van der Waals surface area contributed by atoms with Crippen LogP contribution in [0.25, 0.3) is 10.8 Å². The van der Waals surface area contributed by atoms with Gasteiger partial charge in [0.25, 0.3) is 0 Å². The number of hydrogen-bond acceptors (Lipinski definition) is 3. The van der Waals surface area contributed by atoms with Crippen molar-refractivity contribution in [2.45, 2.75) is 17.4 Å². The van der Waals surface area contributed by atoms with Crippen LogP contribution in [-0.2, 0) is 9.53 Å². The molecule has 2 rings (SSSR count). The minimum absolute atomic E-state index is 0.503. The quantitative estimate of drug-likeness (QED) is 0.821. The molecule has 19 heavy (non-hydrogen) atoms. The van der Waals surface area contributed by atoms with Crippen LogP contribution >= 0.6 is 11.8 Å². The Morgan fingerprint density at radius 3 is 2.68 bits per heavy atom. The van der Waals surface area contributed by atoms with E-state index >= 15 is 0 Å². The first kappa shape index (κ1) is 13.9. The molecular formula is C15H16O3S. The fourth-order valence-electron chi connectivity index (χ4n) is 1.88. The summed E-state index contributed by atoms with van der Waals surface area (Å²) < 4.78 is 4.91. The smallest absolute Gasteiger partial charge is 0.332 e. The summed E-state index contributed by atoms with van der Waals surface area (Å²) in [7, 11) is 1.43. The summed E-state index contributed by atoms with van der Waals surface area (Å²) in [5.74, 6) is -0.176. The predicted octanol–water partition coefficient (Wildman–Crippen LogP) is 3.42. The monoisotopic (exact) mass is 276 g/mol. The molecule has 100 valence electrons. The SMILES string of the molecule is CO[C@H](CCSc1ccc2ccccc2c1)C(=O)O. The predicted molar refractivity (Wildman–Crippen MR) is 77.7 cm³/mol. The Kier molecular flexibility index (Phi) is 4.82. The van der Waals surface area contributed by atoms with E-state index < -0.39 is 12.1 Å². The Bertz CT molecular complexity index is 568. The highest BCUT2D eigenvalue weighted by atomic mass is 32.2. The molecule has 0 unspecified atom stereocenters. The Labute approximate surface area is 116 Å². The van der Waals surface area contributed by atoms with Crippen LogP contribution in [-0.4, -0.2) is 30.0 Å². The molecule has 0 aliphatic heterocycles. The van der Waals surface area contributed by atoms with Crippen LogP contribution in [0.5, 0.6) is 0 Å². The van der Waals surface area contributed by atoms with Gasteiger partial charge in [-0.1, -0.05) is 30.3 Å². The van der Waals surface area contributed by atoms with Crippen molar-refractivity contribution in [1.29, 1.82) is 0 Å². The van der Waals surface area contributed by atoms with Crippen LogP contribution in [0.2, 0.25) is 0 Å². The second kappa shape index (κ2) is 6.59. The molecule has 0 aromatic heterocycles. The van der Waals surface area contributed by atoms with Crippen LogP contribution in [0.4, 0.5) is 0 Å². The summed E-state index contributed by atoms with van der Waals surface area (Å²) in [5, 5.41) is 11.3. The van der Waals surface area contributed by atoms with E-state index in [4.69, 9.17) is 9.84 Å². The van der Waals surface area contributed by atoms with Crippen molar-refractivity contribution >= 4 is 28.5 Å². The lowest BCUT2D eigenvalue weighted by atomic mass is 10.1. The summed E-state index contributed by atoms with van der Waals surface area (Å²) in [6, 6.07) is 14.5. The lowest BCUT2D eigenvalue weighted by Gasteiger charge is -2.09. The number of carbonyl (C=O) groups is 1. The van der Waals surface area contributed by atoms with Gasteiger partial charge >= 0.3 is 5.97 Å². The number of thioether (sulfide) groups is 1. The summed E-state index contributed by atoms with van der Waals surface area (Å²) in [5.41, 5.74) is 0. The molecule has 0 heterocycles. The molecular weight excluding hydrogens is 260 g/mol. The van der Waals surface area contributed by atoms with Crippen molar-refractivity contribution in [2.24, 2.45) is 0 Å². The first-order valence-corrected chi connectivity index (χ1v) is 7.06. The largest absolute Gasteiger partial charge is 0.479 e. The zero-order valence-electron chi connectivity index (χ0n) is 10.7. The van der Waals surface area contributed by atoms with Crippen LogP contribution in [0.15, 0.2) is 47.4 Å². The molecule has 3 nitrogen and oxygen atoms in total. The highest BCUT2D eigenvalue weighted by Gasteiger charge is 2.15. The average molecular weight is 276 g/mol. The number of benzene rings is 2. The van der Waals surface area contributed by atoms with E-state index in [2.05, 4.69) is 30.3 Å². The highest BCUT2D eigenvalue weighted by molar-refractivity contribution is 7.99. The van der Waals surface area contributed by atoms with Gasteiger partial charge in [-0.3, -0.25) is 0 Å². The molecule has 2 aromatic rings. The van der Waals surface area contributed by atoms with E-state index in [0.29, 0.717) is 6.42 Å². The summed E-state index contributed by atoms with van der Waals surface area (Å²) in [6.07, 6.45) is -0.212.